The Morgan fingerprint density at radius 2 is 2.00 bits per heavy atom. The van der Waals surface area contributed by atoms with E-state index in [1.807, 2.05) is 26.0 Å². The quantitative estimate of drug-likeness (QED) is 0.323. The van der Waals surface area contributed by atoms with Crippen molar-refractivity contribution in [3.8, 4) is 11.3 Å². The fraction of sp³-hybridized carbons (Fsp3) is 0.320. The van der Waals surface area contributed by atoms with Gasteiger partial charge in [-0.1, -0.05) is 6.07 Å². The van der Waals surface area contributed by atoms with Crippen molar-refractivity contribution < 1.29 is 18.0 Å². The maximum Gasteiger partial charge on any atom is 0.389 e. The highest BCUT2D eigenvalue weighted by Crippen LogP contribution is 2.34. The largest absolute Gasteiger partial charge is 0.389 e. The number of anilines is 3. The van der Waals surface area contributed by atoms with Crippen molar-refractivity contribution in [1.29, 1.82) is 0 Å². The number of likely N-dealkylation sites (tertiary alicyclic amines) is 1. The van der Waals surface area contributed by atoms with E-state index < -0.39 is 24.5 Å². The van der Waals surface area contributed by atoms with Crippen LogP contribution in [0.4, 0.5) is 35.2 Å². The zero-order chi connectivity index (χ0) is 26.2. The minimum atomic E-state index is -4.23. The zero-order valence-electron chi connectivity index (χ0n) is 20.2. The Labute approximate surface area is 210 Å². The van der Waals surface area contributed by atoms with Gasteiger partial charge in [0.2, 0.25) is 0 Å². The zero-order valence-corrected chi connectivity index (χ0v) is 20.2. The number of halogens is 3. The summed E-state index contributed by atoms with van der Waals surface area (Å²) in [7, 11) is 0. The number of urea groups is 1. The van der Waals surface area contributed by atoms with Crippen LogP contribution in [0.1, 0.15) is 24.0 Å². The number of amides is 2. The average molecular weight is 511 g/mol. The highest BCUT2D eigenvalue weighted by molar-refractivity contribution is 5.93. The molecule has 2 amide bonds. The van der Waals surface area contributed by atoms with E-state index in [-0.39, 0.29) is 6.54 Å². The lowest BCUT2D eigenvalue weighted by Gasteiger charge is -2.19. The van der Waals surface area contributed by atoms with Gasteiger partial charge in [0, 0.05) is 42.6 Å². The van der Waals surface area contributed by atoms with Crippen LogP contribution >= 0.6 is 0 Å². The van der Waals surface area contributed by atoms with E-state index in [1.54, 1.807) is 24.7 Å². The number of hydrogen-bond donors (Lipinski definition) is 3. The van der Waals surface area contributed by atoms with E-state index >= 15 is 0 Å². The summed E-state index contributed by atoms with van der Waals surface area (Å²) in [5.41, 5.74) is 5.65. The van der Waals surface area contributed by atoms with Crippen LogP contribution in [0.15, 0.2) is 43.1 Å². The minimum Gasteiger partial charge on any atom is -0.339 e. The SMILES string of the molecule is Cc1cnc(Nc2cc(NC(=O)N3CCC(CC(F)(F)F)C3)ccc2C)c(-c2ncnc3[nH]cnc23)c1. The lowest BCUT2D eigenvalue weighted by Crippen LogP contribution is -2.33. The number of imidazole rings is 1. The first-order chi connectivity index (χ1) is 17.7. The molecule has 9 nitrogen and oxygen atoms in total. The molecular weight excluding hydrogens is 485 g/mol. The molecule has 12 heteroatoms. The van der Waals surface area contributed by atoms with E-state index in [0.717, 1.165) is 16.7 Å². The molecule has 0 aliphatic carbocycles. The first kappa shape index (κ1) is 24.5. The Bertz CT molecular complexity index is 1450. The average Bonchev–Trinajstić information content (AvgIpc) is 3.51. The van der Waals surface area contributed by atoms with Crippen molar-refractivity contribution in [3.63, 3.8) is 0 Å². The van der Waals surface area contributed by atoms with Crippen molar-refractivity contribution in [2.75, 3.05) is 23.7 Å². The number of benzene rings is 1. The van der Waals surface area contributed by atoms with Crippen LogP contribution in [0.3, 0.4) is 0 Å². The summed E-state index contributed by atoms with van der Waals surface area (Å²) in [6, 6.07) is 6.90. The molecule has 5 rings (SSSR count). The number of hydrogen-bond acceptors (Lipinski definition) is 6. The molecule has 1 unspecified atom stereocenters. The third kappa shape index (κ3) is 5.47. The number of carbonyl (C=O) groups is 1. The van der Waals surface area contributed by atoms with Crippen molar-refractivity contribution >= 4 is 34.4 Å². The van der Waals surface area contributed by atoms with Crippen LogP contribution in [0.25, 0.3) is 22.4 Å². The molecule has 1 atom stereocenters. The lowest BCUT2D eigenvalue weighted by molar-refractivity contribution is -0.143. The smallest absolute Gasteiger partial charge is 0.339 e. The molecule has 1 aliphatic heterocycles. The summed E-state index contributed by atoms with van der Waals surface area (Å²) in [5.74, 6) is -0.0236. The predicted octanol–water partition coefficient (Wildman–Crippen LogP) is 5.58. The van der Waals surface area contributed by atoms with E-state index in [9.17, 15) is 18.0 Å². The van der Waals surface area contributed by atoms with Gasteiger partial charge >= 0.3 is 12.2 Å². The summed E-state index contributed by atoms with van der Waals surface area (Å²) in [6.45, 7) is 4.23. The molecule has 0 bridgehead atoms. The number of nitrogens with one attached hydrogen (secondary N) is 3. The molecule has 1 aromatic carbocycles. The normalized spacial score (nSPS) is 15.8. The van der Waals surface area contributed by atoms with Crippen molar-refractivity contribution in [3.05, 3.63) is 54.2 Å². The molecular formula is C25H25F3N8O. The lowest BCUT2D eigenvalue weighted by atomic mass is 10.1. The molecule has 1 saturated heterocycles. The third-order valence-electron chi connectivity index (χ3n) is 6.33. The number of rotatable bonds is 5. The van der Waals surface area contributed by atoms with Crippen LogP contribution in [0, 0.1) is 19.8 Å². The van der Waals surface area contributed by atoms with Crippen LogP contribution in [-0.2, 0) is 0 Å². The molecule has 4 heterocycles. The second-order valence-corrected chi connectivity index (χ2v) is 9.24. The van der Waals surface area contributed by atoms with E-state index in [4.69, 9.17) is 0 Å². The van der Waals surface area contributed by atoms with E-state index in [0.29, 0.717) is 47.0 Å². The summed E-state index contributed by atoms with van der Waals surface area (Å²) in [4.78, 5) is 34.7. The van der Waals surface area contributed by atoms with Gasteiger partial charge in [0.05, 0.1) is 6.33 Å². The Morgan fingerprint density at radius 1 is 1.16 bits per heavy atom. The Kier molecular flexibility index (Phi) is 6.40. The molecule has 1 aliphatic rings. The fourth-order valence-corrected chi connectivity index (χ4v) is 4.49. The van der Waals surface area contributed by atoms with E-state index in [1.165, 1.54) is 11.2 Å². The Morgan fingerprint density at radius 3 is 2.81 bits per heavy atom. The summed E-state index contributed by atoms with van der Waals surface area (Å²) >= 11 is 0. The van der Waals surface area contributed by atoms with Gasteiger partial charge in [0.1, 0.15) is 23.4 Å². The number of fused-ring (bicyclic) bond motifs is 1. The standard InChI is InChI=1S/C25H25F3N8O/c1-14-7-18(20-21-23(32-12-30-20)33-13-31-21)22(29-10-14)35-19-8-17(4-3-15(19)2)34-24(37)36-6-5-16(11-36)9-25(26,27)28/h3-4,7-8,10,12-13,16H,5-6,9,11H2,1-2H3,(H,29,35)(H,34,37)(H,30,31,32,33). The van der Waals surface area contributed by atoms with Crippen LogP contribution in [0.5, 0.6) is 0 Å². The number of alkyl halides is 3. The van der Waals surface area contributed by atoms with Gasteiger partial charge in [-0.25, -0.2) is 24.7 Å². The number of pyridine rings is 1. The fourth-order valence-electron chi connectivity index (χ4n) is 4.49. The third-order valence-corrected chi connectivity index (χ3v) is 6.33. The van der Waals surface area contributed by atoms with Crippen LogP contribution < -0.4 is 10.6 Å². The molecule has 192 valence electrons. The van der Waals surface area contributed by atoms with Crippen molar-refractivity contribution in [1.82, 2.24) is 29.8 Å². The number of aromatic amines is 1. The molecule has 3 N–H and O–H groups in total. The second-order valence-electron chi connectivity index (χ2n) is 9.24. The molecule has 0 radical (unpaired) electrons. The number of carbonyl (C=O) groups excluding carboxylic acids is 1. The number of aryl methyl sites for hydroxylation is 2. The van der Waals surface area contributed by atoms with Gasteiger partial charge in [-0.05, 0) is 55.5 Å². The maximum absolute atomic E-state index is 12.7. The summed E-state index contributed by atoms with van der Waals surface area (Å²) in [5, 5.41) is 6.15. The molecule has 1 fully saturated rings. The van der Waals surface area contributed by atoms with Gasteiger partial charge in [-0.3, -0.25) is 0 Å². The van der Waals surface area contributed by atoms with E-state index in [2.05, 4.69) is 35.6 Å². The molecule has 37 heavy (non-hydrogen) atoms. The molecule has 0 spiro atoms. The van der Waals surface area contributed by atoms with Gasteiger partial charge in [-0.2, -0.15) is 13.2 Å². The Hall–Kier alpha value is -4.22. The minimum absolute atomic E-state index is 0.0829. The predicted molar refractivity (Wildman–Crippen MR) is 133 cm³/mol. The number of H-pyrrole nitrogens is 1. The van der Waals surface area contributed by atoms with Gasteiger partial charge in [0.25, 0.3) is 0 Å². The van der Waals surface area contributed by atoms with Gasteiger partial charge in [0.15, 0.2) is 5.65 Å². The molecule has 3 aromatic heterocycles. The van der Waals surface area contributed by atoms with Crippen LogP contribution in [-0.4, -0.2) is 55.1 Å². The van der Waals surface area contributed by atoms with Gasteiger partial charge in [-0.15, -0.1) is 0 Å². The van der Waals surface area contributed by atoms with Crippen molar-refractivity contribution in [2.45, 2.75) is 32.9 Å². The number of aromatic nitrogens is 5. The first-order valence-corrected chi connectivity index (χ1v) is 11.8. The summed E-state index contributed by atoms with van der Waals surface area (Å²) < 4.78 is 38.2. The summed E-state index contributed by atoms with van der Waals surface area (Å²) in [6.07, 6.45) is -0.0190. The Balaban J connectivity index is 1.36. The van der Waals surface area contributed by atoms with Crippen LogP contribution in [0.2, 0.25) is 0 Å². The topological polar surface area (TPSA) is 112 Å². The maximum atomic E-state index is 12.7. The second kappa shape index (κ2) is 9.68. The van der Waals surface area contributed by atoms with Gasteiger partial charge < -0.3 is 20.5 Å². The molecule has 0 saturated carbocycles. The van der Waals surface area contributed by atoms with Crippen molar-refractivity contribution in [2.24, 2.45) is 5.92 Å². The number of nitrogens with zero attached hydrogens (tertiary/aromatic N) is 5. The highest BCUT2D eigenvalue weighted by atomic mass is 19.4. The molecule has 4 aromatic rings. The monoisotopic (exact) mass is 510 g/mol. The first-order valence-electron chi connectivity index (χ1n) is 11.8. The highest BCUT2D eigenvalue weighted by Gasteiger charge is 2.36.